The Morgan fingerprint density at radius 2 is 1.76 bits per heavy atom. The van der Waals surface area contributed by atoms with Crippen LogP contribution in [0.15, 0.2) is 49.3 Å². The van der Waals surface area contributed by atoms with Crippen molar-refractivity contribution in [1.29, 1.82) is 0 Å². The van der Waals surface area contributed by atoms with Gasteiger partial charge >= 0.3 is 0 Å². The van der Waals surface area contributed by atoms with Crippen molar-refractivity contribution in [2.75, 3.05) is 12.4 Å². The number of anilines is 1. The Kier molecular flexibility index (Phi) is 3.56. The third-order valence-electron chi connectivity index (χ3n) is 2.27. The van der Waals surface area contributed by atoms with E-state index in [2.05, 4.69) is 21.2 Å². The lowest BCUT2D eigenvalue weighted by molar-refractivity contribution is 0.598. The molecule has 0 saturated carbocycles. The van der Waals surface area contributed by atoms with Crippen LogP contribution in [0.5, 0.6) is 0 Å². The van der Waals surface area contributed by atoms with Gasteiger partial charge in [0.15, 0.2) is 0 Å². The zero-order valence-electron chi connectivity index (χ0n) is 8.98. The highest BCUT2D eigenvalue weighted by Crippen LogP contribution is 2.30. The summed E-state index contributed by atoms with van der Waals surface area (Å²) >= 11 is 4.48. The van der Waals surface area contributed by atoms with Crippen LogP contribution in [0.4, 0.5) is 5.69 Å². The van der Waals surface area contributed by atoms with Crippen LogP contribution in [-0.4, -0.2) is 15.5 Å². The molecule has 0 atom stereocenters. The molecule has 6 heteroatoms. The van der Waals surface area contributed by atoms with Crippen molar-refractivity contribution >= 4 is 42.8 Å². The minimum atomic E-state index is -3.38. The summed E-state index contributed by atoms with van der Waals surface area (Å²) in [6.07, 6.45) is 0. The lowest BCUT2D eigenvalue weighted by atomic mass is 10.3. The zero-order valence-corrected chi connectivity index (χ0v) is 12.2. The number of thiophene rings is 1. The van der Waals surface area contributed by atoms with Crippen LogP contribution in [-0.2, 0) is 9.84 Å². The van der Waals surface area contributed by atoms with E-state index in [4.69, 9.17) is 0 Å². The highest BCUT2D eigenvalue weighted by Gasteiger charge is 2.19. The summed E-state index contributed by atoms with van der Waals surface area (Å²) in [6.45, 7) is 0. The van der Waals surface area contributed by atoms with E-state index >= 15 is 0 Å². The van der Waals surface area contributed by atoms with Gasteiger partial charge in [0.2, 0.25) is 9.84 Å². The first-order valence-electron chi connectivity index (χ1n) is 4.82. The Labute approximate surface area is 113 Å². The number of sulfone groups is 1. The molecule has 2 rings (SSSR count). The Balaban J connectivity index is 2.44. The van der Waals surface area contributed by atoms with E-state index < -0.39 is 9.84 Å². The highest BCUT2D eigenvalue weighted by atomic mass is 79.9. The lowest BCUT2D eigenvalue weighted by Gasteiger charge is -2.03. The maximum atomic E-state index is 12.2. The van der Waals surface area contributed by atoms with Gasteiger partial charge < -0.3 is 5.32 Å². The maximum absolute atomic E-state index is 12.2. The molecule has 0 unspecified atom stereocenters. The fourth-order valence-electron chi connectivity index (χ4n) is 1.36. The molecule has 1 heterocycles. The third kappa shape index (κ3) is 2.53. The van der Waals surface area contributed by atoms with Crippen LogP contribution in [0.1, 0.15) is 0 Å². The smallest absolute Gasteiger partial charge is 0.215 e. The first kappa shape index (κ1) is 12.6. The summed E-state index contributed by atoms with van der Waals surface area (Å²) in [7, 11) is -1.59. The van der Waals surface area contributed by atoms with Gasteiger partial charge in [-0.3, -0.25) is 0 Å². The van der Waals surface area contributed by atoms with Crippen molar-refractivity contribution < 1.29 is 8.42 Å². The minimum absolute atomic E-state index is 0.311. The molecule has 0 amide bonds. The van der Waals surface area contributed by atoms with E-state index in [-0.39, 0.29) is 0 Å². The SMILES string of the molecule is CNc1ccc(S(=O)(=O)c2ccc(Br)s2)cc1. The largest absolute Gasteiger partial charge is 0.388 e. The number of benzene rings is 1. The summed E-state index contributed by atoms with van der Waals surface area (Å²) < 4.78 is 25.6. The normalized spacial score (nSPS) is 11.4. The number of hydrogen-bond donors (Lipinski definition) is 1. The molecule has 0 bridgehead atoms. The molecule has 0 saturated heterocycles. The van der Waals surface area contributed by atoms with Gasteiger partial charge in [-0.25, -0.2) is 8.42 Å². The molecule has 0 fully saturated rings. The Morgan fingerprint density at radius 3 is 2.24 bits per heavy atom. The Morgan fingerprint density at radius 1 is 1.12 bits per heavy atom. The quantitative estimate of drug-likeness (QED) is 0.937. The molecule has 0 spiro atoms. The second-order valence-electron chi connectivity index (χ2n) is 3.34. The molecule has 3 nitrogen and oxygen atoms in total. The predicted molar refractivity (Wildman–Crippen MR) is 73.5 cm³/mol. The molecule has 17 heavy (non-hydrogen) atoms. The van der Waals surface area contributed by atoms with Gasteiger partial charge in [0.25, 0.3) is 0 Å². The summed E-state index contributed by atoms with van der Waals surface area (Å²) in [5.41, 5.74) is 0.885. The Hall–Kier alpha value is -0.850. The van der Waals surface area contributed by atoms with E-state index in [1.54, 1.807) is 43.4 Å². The summed E-state index contributed by atoms with van der Waals surface area (Å²) in [6, 6.07) is 10.0. The first-order valence-corrected chi connectivity index (χ1v) is 7.91. The number of nitrogens with one attached hydrogen (secondary N) is 1. The molecule has 1 N–H and O–H groups in total. The number of hydrogen-bond acceptors (Lipinski definition) is 4. The third-order valence-corrected chi connectivity index (χ3v) is 6.15. The monoisotopic (exact) mass is 331 g/mol. The van der Waals surface area contributed by atoms with Gasteiger partial charge in [-0.1, -0.05) is 0 Å². The van der Waals surface area contributed by atoms with E-state index in [9.17, 15) is 8.42 Å². The lowest BCUT2D eigenvalue weighted by Crippen LogP contribution is -1.99. The van der Waals surface area contributed by atoms with Gasteiger partial charge in [-0.05, 0) is 52.3 Å². The average Bonchev–Trinajstić information content (AvgIpc) is 2.77. The van der Waals surface area contributed by atoms with Crippen molar-refractivity contribution in [1.82, 2.24) is 0 Å². The highest BCUT2D eigenvalue weighted by molar-refractivity contribution is 9.11. The molecule has 90 valence electrons. The summed E-state index contributed by atoms with van der Waals surface area (Å²) in [5, 5.41) is 2.95. The topological polar surface area (TPSA) is 46.2 Å². The number of rotatable bonds is 3. The Bertz CT molecular complexity index is 617. The molecule has 1 aromatic carbocycles. The van der Waals surface area contributed by atoms with Gasteiger partial charge in [0.1, 0.15) is 4.21 Å². The van der Waals surface area contributed by atoms with Crippen LogP contribution < -0.4 is 5.32 Å². The van der Waals surface area contributed by atoms with Crippen LogP contribution in [0.3, 0.4) is 0 Å². The van der Waals surface area contributed by atoms with E-state index in [1.165, 1.54) is 11.3 Å². The second kappa shape index (κ2) is 4.80. The fraction of sp³-hybridized carbons (Fsp3) is 0.0909. The van der Waals surface area contributed by atoms with Crippen LogP contribution in [0.2, 0.25) is 0 Å². The van der Waals surface area contributed by atoms with E-state index in [0.717, 1.165) is 9.47 Å². The zero-order chi connectivity index (χ0) is 12.5. The van der Waals surface area contributed by atoms with Gasteiger partial charge in [-0.15, -0.1) is 11.3 Å². The molecule has 0 aliphatic carbocycles. The standard InChI is InChI=1S/C11H10BrNO2S2/c1-13-8-2-4-9(5-3-8)17(14,15)11-7-6-10(12)16-11/h2-7,13H,1H3. The van der Waals surface area contributed by atoms with Crippen molar-refractivity contribution in [2.45, 2.75) is 9.10 Å². The number of halogens is 1. The average molecular weight is 332 g/mol. The first-order chi connectivity index (χ1) is 8.04. The van der Waals surface area contributed by atoms with Crippen molar-refractivity contribution in [3.63, 3.8) is 0 Å². The van der Waals surface area contributed by atoms with Crippen molar-refractivity contribution in [3.05, 3.63) is 40.2 Å². The molecular weight excluding hydrogens is 322 g/mol. The molecule has 0 radical (unpaired) electrons. The molecule has 0 aliphatic rings. The molecule has 0 aliphatic heterocycles. The molecule has 1 aromatic heterocycles. The van der Waals surface area contributed by atoms with Gasteiger partial charge in [0, 0.05) is 12.7 Å². The van der Waals surface area contributed by atoms with E-state index in [1.807, 2.05) is 0 Å². The van der Waals surface area contributed by atoms with Crippen molar-refractivity contribution in [3.8, 4) is 0 Å². The van der Waals surface area contributed by atoms with Crippen LogP contribution in [0, 0.1) is 0 Å². The van der Waals surface area contributed by atoms with Gasteiger partial charge in [-0.2, -0.15) is 0 Å². The minimum Gasteiger partial charge on any atom is -0.388 e. The van der Waals surface area contributed by atoms with Gasteiger partial charge in [0.05, 0.1) is 8.68 Å². The van der Waals surface area contributed by atoms with Crippen molar-refractivity contribution in [2.24, 2.45) is 0 Å². The summed E-state index contributed by atoms with van der Waals surface area (Å²) in [5.74, 6) is 0. The maximum Gasteiger partial charge on any atom is 0.215 e. The molecule has 2 aromatic rings. The van der Waals surface area contributed by atoms with Crippen LogP contribution in [0.25, 0.3) is 0 Å². The molecular formula is C11H10BrNO2S2. The summed E-state index contributed by atoms with van der Waals surface area (Å²) in [4.78, 5) is 0.311. The second-order valence-corrected chi connectivity index (χ2v) is 7.98. The van der Waals surface area contributed by atoms with E-state index in [0.29, 0.717) is 9.10 Å². The predicted octanol–water partition coefficient (Wildman–Crippen LogP) is 3.39. The fourth-order valence-corrected chi connectivity index (χ4v) is 4.77. The van der Waals surface area contributed by atoms with Crippen LogP contribution >= 0.6 is 27.3 Å².